The monoisotopic (exact) mass is 419 g/mol. The summed E-state index contributed by atoms with van der Waals surface area (Å²) in [7, 11) is 0. The van der Waals surface area contributed by atoms with Crippen molar-refractivity contribution in [1.29, 1.82) is 0 Å². The summed E-state index contributed by atoms with van der Waals surface area (Å²) >= 11 is 2.98. The summed E-state index contributed by atoms with van der Waals surface area (Å²) in [4.78, 5) is 12.1. The van der Waals surface area contributed by atoms with Gasteiger partial charge in [0.25, 0.3) is 0 Å². The fourth-order valence-corrected chi connectivity index (χ4v) is 3.33. The lowest BCUT2D eigenvalue weighted by molar-refractivity contribution is -0.142. The third kappa shape index (κ3) is 4.20. The van der Waals surface area contributed by atoms with Crippen molar-refractivity contribution in [2.75, 3.05) is 0 Å². The van der Waals surface area contributed by atoms with Crippen molar-refractivity contribution in [1.82, 2.24) is 15.1 Å². The van der Waals surface area contributed by atoms with Gasteiger partial charge in [-0.25, -0.2) is 4.39 Å². The molecule has 1 aromatic carbocycles. The summed E-state index contributed by atoms with van der Waals surface area (Å²) in [5.41, 5.74) is 0.0831. The third-order valence-corrected chi connectivity index (χ3v) is 4.64. The van der Waals surface area contributed by atoms with E-state index in [1.807, 2.05) is 0 Å². The quantitative estimate of drug-likeness (QED) is 0.744. The van der Waals surface area contributed by atoms with Crippen LogP contribution in [0.25, 0.3) is 0 Å². The second-order valence-corrected chi connectivity index (χ2v) is 6.67. The van der Waals surface area contributed by atoms with Crippen LogP contribution in [0, 0.1) is 5.82 Å². The lowest BCUT2D eigenvalue weighted by Gasteiger charge is -2.08. The van der Waals surface area contributed by atoms with Crippen molar-refractivity contribution >= 4 is 21.8 Å². The van der Waals surface area contributed by atoms with Crippen LogP contribution in [0.4, 0.5) is 17.6 Å². The Balaban J connectivity index is 1.71. The summed E-state index contributed by atoms with van der Waals surface area (Å²) in [5.74, 6) is -0.858. The Bertz CT molecular complexity index is 782. The molecule has 0 radical (unpaired) electrons. The van der Waals surface area contributed by atoms with E-state index >= 15 is 0 Å². The summed E-state index contributed by atoms with van der Waals surface area (Å²) < 4.78 is 53.0. The third-order valence-electron chi connectivity index (χ3n) is 3.86. The molecule has 0 atom stereocenters. The summed E-state index contributed by atoms with van der Waals surface area (Å²) in [5, 5.41) is 6.19. The van der Waals surface area contributed by atoms with Crippen LogP contribution in [0.15, 0.2) is 28.7 Å². The molecule has 134 valence electrons. The summed E-state index contributed by atoms with van der Waals surface area (Å²) in [6, 6.07) is 5.59. The lowest BCUT2D eigenvalue weighted by Crippen LogP contribution is -2.28. The maximum Gasteiger partial charge on any atom is 0.436 e. The summed E-state index contributed by atoms with van der Waals surface area (Å²) in [6.07, 6.45) is -3.03. The molecule has 25 heavy (non-hydrogen) atoms. The molecule has 0 aliphatic heterocycles. The van der Waals surface area contributed by atoms with E-state index in [9.17, 15) is 22.4 Å². The molecule has 4 nitrogen and oxygen atoms in total. The molecule has 0 saturated heterocycles. The van der Waals surface area contributed by atoms with Crippen LogP contribution in [0.5, 0.6) is 0 Å². The Kier molecular flexibility index (Phi) is 4.86. The standard InChI is InChI=1S/C16H14BrF4N3O/c17-13-14(10-3-4-10)24(23-15(13)16(19,20)21)8-12(25)22-7-9-1-5-11(18)6-2-9/h1-2,5-6,10H,3-4,7-8H2,(H,22,25). The normalized spacial score (nSPS) is 14.6. The zero-order valence-corrected chi connectivity index (χ0v) is 14.5. The molecule has 3 rings (SSSR count). The molecule has 1 saturated carbocycles. The van der Waals surface area contributed by atoms with Crippen LogP contribution in [0.1, 0.15) is 35.7 Å². The molecule has 1 heterocycles. The maximum atomic E-state index is 13.0. The molecule has 2 aromatic rings. The van der Waals surface area contributed by atoms with Crippen LogP contribution in [0.2, 0.25) is 0 Å². The number of benzene rings is 1. The van der Waals surface area contributed by atoms with Gasteiger partial charge in [-0.3, -0.25) is 9.48 Å². The van der Waals surface area contributed by atoms with Crippen LogP contribution < -0.4 is 5.32 Å². The Hall–Kier alpha value is -1.90. The average Bonchev–Trinajstić information content (AvgIpc) is 3.30. The van der Waals surface area contributed by atoms with Gasteiger partial charge in [0.2, 0.25) is 5.91 Å². The molecule has 1 aliphatic rings. The first-order chi connectivity index (χ1) is 11.8. The van der Waals surface area contributed by atoms with Crippen molar-refractivity contribution in [3.8, 4) is 0 Å². The number of aromatic nitrogens is 2. The van der Waals surface area contributed by atoms with Crippen LogP contribution >= 0.6 is 15.9 Å². The molecule has 1 aromatic heterocycles. The van der Waals surface area contributed by atoms with Gasteiger partial charge in [0.1, 0.15) is 12.4 Å². The SMILES string of the molecule is O=C(Cn1nc(C(F)(F)F)c(Br)c1C1CC1)NCc1ccc(F)cc1. The van der Waals surface area contributed by atoms with Gasteiger partial charge in [-0.05, 0) is 46.5 Å². The van der Waals surface area contributed by atoms with Gasteiger partial charge in [0.15, 0.2) is 5.69 Å². The number of halogens is 5. The fraction of sp³-hybridized carbons (Fsp3) is 0.375. The predicted molar refractivity (Wildman–Crippen MR) is 85.2 cm³/mol. The highest BCUT2D eigenvalue weighted by Gasteiger charge is 2.41. The van der Waals surface area contributed by atoms with E-state index in [4.69, 9.17) is 0 Å². The fourth-order valence-electron chi connectivity index (χ4n) is 2.50. The Morgan fingerprint density at radius 3 is 2.48 bits per heavy atom. The molecule has 1 fully saturated rings. The highest BCUT2D eigenvalue weighted by molar-refractivity contribution is 9.10. The second kappa shape index (κ2) is 6.78. The number of carbonyl (C=O) groups is 1. The average molecular weight is 420 g/mol. The van der Waals surface area contributed by atoms with Crippen molar-refractivity contribution < 1.29 is 22.4 Å². The minimum Gasteiger partial charge on any atom is -0.350 e. The van der Waals surface area contributed by atoms with Crippen molar-refractivity contribution in [2.45, 2.75) is 38.0 Å². The van der Waals surface area contributed by atoms with E-state index in [-0.39, 0.29) is 29.3 Å². The minimum atomic E-state index is -4.59. The first kappa shape index (κ1) is 17.9. The smallest absolute Gasteiger partial charge is 0.350 e. The molecule has 0 unspecified atom stereocenters. The molecule has 1 N–H and O–H groups in total. The minimum absolute atomic E-state index is 0.0112. The first-order valence-electron chi connectivity index (χ1n) is 7.60. The van der Waals surface area contributed by atoms with E-state index in [0.29, 0.717) is 11.3 Å². The zero-order chi connectivity index (χ0) is 18.2. The molecule has 1 aliphatic carbocycles. The Morgan fingerprint density at radius 2 is 1.92 bits per heavy atom. The van der Waals surface area contributed by atoms with E-state index in [2.05, 4.69) is 26.3 Å². The number of nitrogens with one attached hydrogen (secondary N) is 1. The summed E-state index contributed by atoms with van der Waals surface area (Å²) in [6.45, 7) is -0.145. The lowest BCUT2D eigenvalue weighted by atomic mass is 10.2. The van der Waals surface area contributed by atoms with Gasteiger partial charge in [0, 0.05) is 12.5 Å². The highest BCUT2D eigenvalue weighted by Crippen LogP contribution is 2.46. The van der Waals surface area contributed by atoms with Gasteiger partial charge in [0.05, 0.1) is 10.2 Å². The van der Waals surface area contributed by atoms with E-state index in [1.165, 1.54) is 24.3 Å². The molecular formula is C16H14BrF4N3O. The van der Waals surface area contributed by atoms with Crippen LogP contribution in [-0.2, 0) is 24.1 Å². The van der Waals surface area contributed by atoms with Gasteiger partial charge in [-0.1, -0.05) is 12.1 Å². The second-order valence-electron chi connectivity index (χ2n) is 5.88. The van der Waals surface area contributed by atoms with Gasteiger partial charge < -0.3 is 5.32 Å². The molecule has 1 amide bonds. The topological polar surface area (TPSA) is 46.9 Å². The van der Waals surface area contributed by atoms with E-state index in [0.717, 1.165) is 17.5 Å². The number of rotatable bonds is 5. The number of amides is 1. The number of hydrogen-bond acceptors (Lipinski definition) is 2. The Morgan fingerprint density at radius 1 is 1.28 bits per heavy atom. The maximum absolute atomic E-state index is 13.0. The van der Waals surface area contributed by atoms with Gasteiger partial charge in [-0.15, -0.1) is 0 Å². The first-order valence-corrected chi connectivity index (χ1v) is 8.39. The van der Waals surface area contributed by atoms with E-state index in [1.54, 1.807) is 0 Å². The van der Waals surface area contributed by atoms with Crippen LogP contribution in [0.3, 0.4) is 0 Å². The largest absolute Gasteiger partial charge is 0.436 e. The predicted octanol–water partition coefficient (Wildman–Crippen LogP) is 4.00. The zero-order valence-electron chi connectivity index (χ0n) is 12.9. The molecule has 0 spiro atoms. The van der Waals surface area contributed by atoms with Crippen molar-refractivity contribution in [2.24, 2.45) is 0 Å². The molecular weight excluding hydrogens is 406 g/mol. The molecule has 9 heteroatoms. The number of alkyl halides is 3. The molecule has 0 bridgehead atoms. The highest BCUT2D eigenvalue weighted by atomic mass is 79.9. The number of nitrogens with zero attached hydrogens (tertiary/aromatic N) is 2. The van der Waals surface area contributed by atoms with Gasteiger partial charge in [-0.2, -0.15) is 18.3 Å². The van der Waals surface area contributed by atoms with Gasteiger partial charge >= 0.3 is 6.18 Å². The number of hydrogen-bond donors (Lipinski definition) is 1. The number of carbonyl (C=O) groups excluding carboxylic acids is 1. The van der Waals surface area contributed by atoms with Crippen LogP contribution in [-0.4, -0.2) is 15.7 Å². The Labute approximate surface area is 149 Å². The van der Waals surface area contributed by atoms with E-state index < -0.39 is 17.8 Å². The van der Waals surface area contributed by atoms with Crippen molar-refractivity contribution in [3.05, 3.63) is 51.5 Å². The van der Waals surface area contributed by atoms with Crippen molar-refractivity contribution in [3.63, 3.8) is 0 Å².